The van der Waals surface area contributed by atoms with E-state index in [1.165, 1.54) is 0 Å². The first-order valence-corrected chi connectivity index (χ1v) is 7.70. The second kappa shape index (κ2) is 5.50. The number of amides is 1. The summed E-state index contributed by atoms with van der Waals surface area (Å²) in [7, 11) is 0. The molecular weight excluding hydrogens is 294 g/mol. The minimum absolute atomic E-state index is 0.00364. The lowest BCUT2D eigenvalue weighted by atomic mass is 9.84. The van der Waals surface area contributed by atoms with Crippen molar-refractivity contribution < 1.29 is 19.0 Å². The van der Waals surface area contributed by atoms with Crippen molar-refractivity contribution in [2.75, 3.05) is 18.7 Å². The Balaban J connectivity index is 1.73. The van der Waals surface area contributed by atoms with Gasteiger partial charge in [-0.05, 0) is 36.2 Å². The van der Waals surface area contributed by atoms with Crippen LogP contribution in [0.2, 0.25) is 0 Å². The molecule has 2 heterocycles. The van der Waals surface area contributed by atoms with Crippen molar-refractivity contribution >= 4 is 11.6 Å². The number of nitrogens with one attached hydrogen (secondary N) is 1. The molecule has 1 N–H and O–H groups in total. The van der Waals surface area contributed by atoms with Gasteiger partial charge in [-0.2, -0.15) is 0 Å². The summed E-state index contributed by atoms with van der Waals surface area (Å²) >= 11 is 0. The Labute approximate surface area is 134 Å². The highest BCUT2D eigenvalue weighted by Crippen LogP contribution is 2.44. The Morgan fingerprint density at radius 3 is 2.65 bits per heavy atom. The van der Waals surface area contributed by atoms with Crippen LogP contribution in [-0.4, -0.2) is 19.3 Å². The molecular formula is C18H17NO4. The molecule has 2 aliphatic heterocycles. The molecule has 5 nitrogen and oxygen atoms in total. The third-order valence-electron chi connectivity index (χ3n) is 4.18. The number of ether oxygens (including phenoxy) is 3. The highest BCUT2D eigenvalue weighted by molar-refractivity contribution is 5.96. The molecule has 1 amide bonds. The Hall–Kier alpha value is -2.69. The van der Waals surface area contributed by atoms with E-state index in [1.807, 2.05) is 43.3 Å². The quantitative estimate of drug-likeness (QED) is 0.945. The normalized spacial score (nSPS) is 18.3. The summed E-state index contributed by atoms with van der Waals surface area (Å²) in [5.74, 6) is 2.26. The predicted octanol–water partition coefficient (Wildman–Crippen LogP) is 3.29. The fourth-order valence-corrected chi connectivity index (χ4v) is 3.11. The molecule has 2 aromatic rings. The molecule has 118 valence electrons. The molecule has 0 aromatic heterocycles. The van der Waals surface area contributed by atoms with Gasteiger partial charge in [0.2, 0.25) is 12.7 Å². The van der Waals surface area contributed by atoms with Crippen LogP contribution >= 0.6 is 0 Å². The standard InChI is InChI=1S/C18H17NO4/c1-2-21-12-5-3-11(4-6-12)13-8-18(20)19-15-9-17-16(7-14(13)15)22-10-23-17/h3-7,9,13H,2,8,10H2,1H3,(H,19,20). The van der Waals surface area contributed by atoms with Gasteiger partial charge < -0.3 is 19.5 Å². The SMILES string of the molecule is CCOc1ccc(C2CC(=O)Nc3cc4c(cc32)OCO4)cc1. The first kappa shape index (κ1) is 13.9. The average molecular weight is 311 g/mol. The first-order valence-electron chi connectivity index (χ1n) is 7.70. The monoisotopic (exact) mass is 311 g/mol. The summed E-state index contributed by atoms with van der Waals surface area (Å²) in [6.07, 6.45) is 0.417. The van der Waals surface area contributed by atoms with E-state index in [9.17, 15) is 4.79 Å². The van der Waals surface area contributed by atoms with E-state index in [4.69, 9.17) is 14.2 Å². The maximum Gasteiger partial charge on any atom is 0.231 e. The lowest BCUT2D eigenvalue weighted by Crippen LogP contribution is -2.23. The van der Waals surface area contributed by atoms with Gasteiger partial charge in [0.25, 0.3) is 0 Å². The second-order valence-corrected chi connectivity index (χ2v) is 5.60. The van der Waals surface area contributed by atoms with Crippen molar-refractivity contribution in [3.05, 3.63) is 47.5 Å². The van der Waals surface area contributed by atoms with E-state index in [0.29, 0.717) is 18.8 Å². The summed E-state index contributed by atoms with van der Waals surface area (Å²) < 4.78 is 16.3. The van der Waals surface area contributed by atoms with Crippen LogP contribution in [0.15, 0.2) is 36.4 Å². The molecule has 1 atom stereocenters. The van der Waals surface area contributed by atoms with Gasteiger partial charge in [0.05, 0.1) is 6.61 Å². The number of hydrogen-bond acceptors (Lipinski definition) is 4. The van der Waals surface area contributed by atoms with E-state index in [2.05, 4.69) is 5.32 Å². The van der Waals surface area contributed by atoms with Gasteiger partial charge in [-0.15, -0.1) is 0 Å². The van der Waals surface area contributed by atoms with Crippen molar-refractivity contribution in [3.8, 4) is 17.2 Å². The lowest BCUT2D eigenvalue weighted by Gasteiger charge is -2.26. The number of hydrogen-bond donors (Lipinski definition) is 1. The molecule has 5 heteroatoms. The average Bonchev–Trinajstić information content (AvgIpc) is 3.00. The third-order valence-corrected chi connectivity index (χ3v) is 4.18. The van der Waals surface area contributed by atoms with E-state index in [-0.39, 0.29) is 18.6 Å². The zero-order chi connectivity index (χ0) is 15.8. The third kappa shape index (κ3) is 2.48. The van der Waals surface area contributed by atoms with Crippen molar-refractivity contribution in [1.29, 1.82) is 0 Å². The van der Waals surface area contributed by atoms with Crippen molar-refractivity contribution in [2.45, 2.75) is 19.3 Å². The fraction of sp³-hybridized carbons (Fsp3) is 0.278. The molecule has 1 unspecified atom stereocenters. The number of carbonyl (C=O) groups excluding carboxylic acids is 1. The van der Waals surface area contributed by atoms with Gasteiger partial charge in [0.15, 0.2) is 11.5 Å². The Kier molecular flexibility index (Phi) is 3.33. The number of benzene rings is 2. The minimum Gasteiger partial charge on any atom is -0.494 e. The Morgan fingerprint density at radius 1 is 1.17 bits per heavy atom. The summed E-state index contributed by atoms with van der Waals surface area (Å²) in [5.41, 5.74) is 2.94. The van der Waals surface area contributed by atoms with Gasteiger partial charge in [0.1, 0.15) is 5.75 Å². The molecule has 0 fully saturated rings. The number of carbonyl (C=O) groups is 1. The van der Waals surface area contributed by atoms with E-state index >= 15 is 0 Å². The maximum absolute atomic E-state index is 12.1. The summed E-state index contributed by atoms with van der Waals surface area (Å²) in [5, 5.41) is 2.92. The lowest BCUT2D eigenvalue weighted by molar-refractivity contribution is -0.116. The fourth-order valence-electron chi connectivity index (χ4n) is 3.11. The van der Waals surface area contributed by atoms with Crippen LogP contribution in [0.25, 0.3) is 0 Å². The van der Waals surface area contributed by atoms with Gasteiger partial charge in [-0.25, -0.2) is 0 Å². The van der Waals surface area contributed by atoms with Crippen LogP contribution < -0.4 is 19.5 Å². The summed E-state index contributed by atoms with van der Waals surface area (Å²) in [6.45, 7) is 2.82. The largest absolute Gasteiger partial charge is 0.494 e. The highest BCUT2D eigenvalue weighted by atomic mass is 16.7. The number of fused-ring (bicyclic) bond motifs is 2. The predicted molar refractivity (Wildman–Crippen MR) is 85.3 cm³/mol. The van der Waals surface area contributed by atoms with Crippen LogP contribution in [0, 0.1) is 0 Å². The molecule has 2 aromatic carbocycles. The van der Waals surface area contributed by atoms with E-state index in [0.717, 1.165) is 28.3 Å². The molecule has 0 saturated heterocycles. The molecule has 4 rings (SSSR count). The van der Waals surface area contributed by atoms with Gasteiger partial charge in [-0.3, -0.25) is 4.79 Å². The number of rotatable bonds is 3. The summed E-state index contributed by atoms with van der Waals surface area (Å²) in [6, 6.07) is 11.7. The zero-order valence-corrected chi connectivity index (χ0v) is 12.8. The van der Waals surface area contributed by atoms with Crippen molar-refractivity contribution in [1.82, 2.24) is 0 Å². The van der Waals surface area contributed by atoms with Crippen LogP contribution in [-0.2, 0) is 4.79 Å². The first-order chi connectivity index (χ1) is 11.2. The van der Waals surface area contributed by atoms with Gasteiger partial charge in [-0.1, -0.05) is 12.1 Å². The van der Waals surface area contributed by atoms with Crippen LogP contribution in [0.1, 0.15) is 30.4 Å². The topological polar surface area (TPSA) is 56.8 Å². The van der Waals surface area contributed by atoms with Gasteiger partial charge >= 0.3 is 0 Å². The van der Waals surface area contributed by atoms with E-state index < -0.39 is 0 Å². The van der Waals surface area contributed by atoms with Crippen LogP contribution in [0.3, 0.4) is 0 Å². The minimum atomic E-state index is 0.00364. The maximum atomic E-state index is 12.1. The molecule has 0 aliphatic carbocycles. The second-order valence-electron chi connectivity index (χ2n) is 5.60. The van der Waals surface area contributed by atoms with Gasteiger partial charge in [0, 0.05) is 24.1 Å². The molecule has 0 bridgehead atoms. The van der Waals surface area contributed by atoms with Crippen LogP contribution in [0.4, 0.5) is 5.69 Å². The molecule has 23 heavy (non-hydrogen) atoms. The smallest absolute Gasteiger partial charge is 0.231 e. The molecule has 0 spiro atoms. The van der Waals surface area contributed by atoms with E-state index in [1.54, 1.807) is 0 Å². The molecule has 0 saturated carbocycles. The Bertz CT molecular complexity index is 754. The van der Waals surface area contributed by atoms with Crippen molar-refractivity contribution in [3.63, 3.8) is 0 Å². The molecule has 2 aliphatic rings. The number of anilines is 1. The highest BCUT2D eigenvalue weighted by Gasteiger charge is 2.29. The summed E-state index contributed by atoms with van der Waals surface area (Å²) in [4.78, 5) is 12.1. The van der Waals surface area contributed by atoms with Crippen molar-refractivity contribution in [2.24, 2.45) is 0 Å². The van der Waals surface area contributed by atoms with Crippen LogP contribution in [0.5, 0.6) is 17.2 Å². The zero-order valence-electron chi connectivity index (χ0n) is 12.8. The molecule has 0 radical (unpaired) electrons. The Morgan fingerprint density at radius 2 is 1.91 bits per heavy atom.